The van der Waals surface area contributed by atoms with Gasteiger partial charge in [0.05, 0.1) is 0 Å². The molecule has 4 rings (SSSR count). The molecule has 0 aromatic heterocycles. The quantitative estimate of drug-likeness (QED) is 0.633. The van der Waals surface area contributed by atoms with E-state index >= 15 is 0 Å². The highest BCUT2D eigenvalue weighted by Crippen LogP contribution is 2.47. The van der Waals surface area contributed by atoms with Gasteiger partial charge in [-0.15, -0.1) is 0 Å². The first-order valence-corrected chi connectivity index (χ1v) is 9.84. The van der Waals surface area contributed by atoms with Gasteiger partial charge in [-0.3, -0.25) is 0 Å². The summed E-state index contributed by atoms with van der Waals surface area (Å²) in [4.78, 5) is 12.8. The van der Waals surface area contributed by atoms with Crippen LogP contribution in [0.1, 0.15) is 48.8 Å². The van der Waals surface area contributed by atoms with Crippen molar-refractivity contribution < 1.29 is 14.6 Å². The average molecular weight is 383 g/mol. The molecule has 1 saturated carbocycles. The third-order valence-electron chi connectivity index (χ3n) is 5.90. The Hall–Kier alpha value is -2.26. The van der Waals surface area contributed by atoms with Gasteiger partial charge >= 0.3 is 5.97 Å². The standard InChI is InChI=1S/C23H23ClO3/c1-14-6-11-18(16-7-9-17(24)10-8-16)15(2)19(14)20-21(25)23(27-22(20)26)12-4-3-5-13-23/h6-11,25H,3-5,12-13H2,1-2H3. The summed E-state index contributed by atoms with van der Waals surface area (Å²) in [6.45, 7) is 3.96. The zero-order chi connectivity index (χ0) is 19.2. The van der Waals surface area contributed by atoms with Crippen molar-refractivity contribution in [3.8, 4) is 11.1 Å². The number of aliphatic hydroxyl groups excluding tert-OH is 1. The van der Waals surface area contributed by atoms with E-state index in [1.165, 1.54) is 0 Å². The third kappa shape index (κ3) is 2.94. The zero-order valence-electron chi connectivity index (χ0n) is 15.6. The van der Waals surface area contributed by atoms with Crippen molar-refractivity contribution in [1.82, 2.24) is 0 Å². The van der Waals surface area contributed by atoms with Crippen LogP contribution in [0.25, 0.3) is 16.7 Å². The minimum Gasteiger partial charge on any atom is -0.507 e. The van der Waals surface area contributed by atoms with Gasteiger partial charge in [0.25, 0.3) is 0 Å². The van der Waals surface area contributed by atoms with E-state index in [4.69, 9.17) is 16.3 Å². The van der Waals surface area contributed by atoms with Gasteiger partial charge in [-0.2, -0.15) is 0 Å². The predicted molar refractivity (Wildman–Crippen MR) is 108 cm³/mol. The number of carbonyl (C=O) groups is 1. The Morgan fingerprint density at radius 1 is 1.00 bits per heavy atom. The van der Waals surface area contributed by atoms with E-state index < -0.39 is 11.6 Å². The highest BCUT2D eigenvalue weighted by Gasteiger charge is 2.49. The molecule has 1 fully saturated rings. The lowest BCUT2D eigenvalue weighted by molar-refractivity contribution is -0.149. The molecule has 2 aromatic carbocycles. The number of benzene rings is 2. The van der Waals surface area contributed by atoms with Crippen LogP contribution in [0.3, 0.4) is 0 Å². The van der Waals surface area contributed by atoms with Crippen LogP contribution >= 0.6 is 11.6 Å². The Morgan fingerprint density at radius 3 is 2.33 bits per heavy atom. The molecule has 1 aliphatic heterocycles. The van der Waals surface area contributed by atoms with Crippen LogP contribution < -0.4 is 0 Å². The molecule has 0 saturated heterocycles. The summed E-state index contributed by atoms with van der Waals surface area (Å²) in [6, 6.07) is 11.7. The first-order chi connectivity index (χ1) is 12.9. The molecule has 140 valence electrons. The van der Waals surface area contributed by atoms with Gasteiger partial charge in [-0.05, 0) is 79.5 Å². The van der Waals surface area contributed by atoms with E-state index in [2.05, 4.69) is 0 Å². The zero-order valence-corrected chi connectivity index (χ0v) is 16.4. The van der Waals surface area contributed by atoms with Crippen LogP contribution in [0, 0.1) is 13.8 Å². The number of hydrogen-bond acceptors (Lipinski definition) is 3. The second kappa shape index (κ2) is 6.72. The first-order valence-electron chi connectivity index (χ1n) is 9.46. The number of esters is 1. The molecule has 1 spiro atoms. The van der Waals surface area contributed by atoms with Crippen LogP contribution in [-0.2, 0) is 9.53 Å². The summed E-state index contributed by atoms with van der Waals surface area (Å²) in [5.74, 6) is -0.291. The van der Waals surface area contributed by atoms with E-state index in [-0.39, 0.29) is 5.76 Å². The Labute approximate surface area is 164 Å². The lowest BCUT2D eigenvalue weighted by atomic mass is 9.81. The fraction of sp³-hybridized carbons (Fsp3) is 0.348. The molecule has 1 heterocycles. The van der Waals surface area contributed by atoms with Gasteiger partial charge < -0.3 is 9.84 Å². The summed E-state index contributed by atoms with van der Waals surface area (Å²) < 4.78 is 5.76. The van der Waals surface area contributed by atoms with Gasteiger partial charge in [-0.25, -0.2) is 4.79 Å². The summed E-state index contributed by atoms with van der Waals surface area (Å²) in [5.41, 5.74) is 4.26. The highest BCUT2D eigenvalue weighted by molar-refractivity contribution is 6.30. The molecule has 0 amide bonds. The molecule has 2 aliphatic rings. The minimum absolute atomic E-state index is 0.117. The van der Waals surface area contributed by atoms with Crippen molar-refractivity contribution in [2.45, 2.75) is 51.6 Å². The first kappa shape index (κ1) is 18.1. The maximum Gasteiger partial charge on any atom is 0.343 e. The molecule has 3 nitrogen and oxygen atoms in total. The van der Waals surface area contributed by atoms with Crippen molar-refractivity contribution in [2.24, 2.45) is 0 Å². The van der Waals surface area contributed by atoms with Crippen molar-refractivity contribution in [3.05, 3.63) is 63.9 Å². The van der Waals surface area contributed by atoms with Gasteiger partial charge in [0.1, 0.15) is 5.57 Å². The molecule has 2 aromatic rings. The molecule has 27 heavy (non-hydrogen) atoms. The third-order valence-corrected chi connectivity index (χ3v) is 6.15. The predicted octanol–water partition coefficient (Wildman–Crippen LogP) is 6.15. The maximum absolute atomic E-state index is 12.8. The molecule has 4 heteroatoms. The maximum atomic E-state index is 12.8. The molecule has 0 radical (unpaired) electrons. The molecule has 0 bridgehead atoms. The van der Waals surface area contributed by atoms with Gasteiger partial charge in [-0.1, -0.05) is 42.3 Å². The van der Waals surface area contributed by atoms with Crippen molar-refractivity contribution in [2.75, 3.05) is 0 Å². The minimum atomic E-state index is -0.820. The number of ether oxygens (including phenoxy) is 1. The number of aliphatic hydroxyl groups is 1. The summed E-state index contributed by atoms with van der Waals surface area (Å²) in [5, 5.41) is 11.7. The lowest BCUT2D eigenvalue weighted by Crippen LogP contribution is -2.34. The van der Waals surface area contributed by atoms with E-state index in [1.54, 1.807) is 0 Å². The van der Waals surface area contributed by atoms with E-state index in [1.807, 2.05) is 50.2 Å². The molecule has 0 unspecified atom stereocenters. The van der Waals surface area contributed by atoms with E-state index in [0.717, 1.165) is 47.1 Å². The van der Waals surface area contributed by atoms with Crippen LogP contribution in [0.2, 0.25) is 5.02 Å². The second-order valence-corrected chi connectivity index (χ2v) is 8.04. The van der Waals surface area contributed by atoms with Crippen molar-refractivity contribution in [3.63, 3.8) is 0 Å². The number of aryl methyl sites for hydroxylation is 1. The monoisotopic (exact) mass is 382 g/mol. The fourth-order valence-electron chi connectivity index (χ4n) is 4.46. The van der Waals surface area contributed by atoms with Crippen molar-refractivity contribution >= 4 is 23.1 Å². The summed E-state index contributed by atoms with van der Waals surface area (Å²) in [6.07, 6.45) is 4.44. The van der Waals surface area contributed by atoms with E-state index in [9.17, 15) is 9.90 Å². The molecule has 0 atom stereocenters. The number of halogens is 1. The van der Waals surface area contributed by atoms with Gasteiger partial charge in [0, 0.05) is 5.02 Å². The van der Waals surface area contributed by atoms with E-state index in [0.29, 0.717) is 23.4 Å². The Kier molecular flexibility index (Phi) is 4.51. The fourth-order valence-corrected chi connectivity index (χ4v) is 4.58. The smallest absolute Gasteiger partial charge is 0.343 e. The summed E-state index contributed by atoms with van der Waals surface area (Å²) in [7, 11) is 0. The lowest BCUT2D eigenvalue weighted by Gasteiger charge is -2.31. The molecule has 1 aliphatic carbocycles. The van der Waals surface area contributed by atoms with Gasteiger partial charge in [0.2, 0.25) is 0 Å². The van der Waals surface area contributed by atoms with Crippen LogP contribution in [-0.4, -0.2) is 16.7 Å². The summed E-state index contributed by atoms with van der Waals surface area (Å²) >= 11 is 6.02. The molecule has 1 N–H and O–H groups in total. The van der Waals surface area contributed by atoms with Crippen molar-refractivity contribution in [1.29, 1.82) is 0 Å². The number of carbonyl (C=O) groups excluding carboxylic acids is 1. The Bertz CT molecular complexity index is 935. The average Bonchev–Trinajstić information content (AvgIpc) is 2.88. The number of rotatable bonds is 2. The topological polar surface area (TPSA) is 46.5 Å². The molecular formula is C23H23ClO3. The molecular weight excluding hydrogens is 360 g/mol. The number of hydrogen-bond donors (Lipinski definition) is 1. The van der Waals surface area contributed by atoms with Crippen LogP contribution in [0.5, 0.6) is 0 Å². The second-order valence-electron chi connectivity index (χ2n) is 7.60. The normalized spacial score (nSPS) is 18.9. The van der Waals surface area contributed by atoms with Gasteiger partial charge in [0.15, 0.2) is 11.4 Å². The van der Waals surface area contributed by atoms with Crippen LogP contribution in [0.4, 0.5) is 0 Å². The Morgan fingerprint density at radius 2 is 1.67 bits per heavy atom. The van der Waals surface area contributed by atoms with Crippen LogP contribution in [0.15, 0.2) is 42.2 Å². The Balaban J connectivity index is 1.87. The largest absolute Gasteiger partial charge is 0.507 e. The SMILES string of the molecule is Cc1ccc(-c2ccc(Cl)cc2)c(C)c1C1=C(O)C2(CCCCC2)OC1=O. The highest BCUT2D eigenvalue weighted by atomic mass is 35.5.